The number of aryl methyl sites for hydroxylation is 1. The van der Waals surface area contributed by atoms with Crippen LogP contribution in [0, 0.1) is 23.7 Å². The minimum Gasteiger partial charge on any atom is -0.493 e. The second-order valence-corrected chi connectivity index (χ2v) is 11.1. The summed E-state index contributed by atoms with van der Waals surface area (Å²) in [6, 6.07) is 12.6. The molecule has 5 rings (SSSR count). The van der Waals surface area contributed by atoms with Crippen LogP contribution in [0.2, 0.25) is 0 Å². The van der Waals surface area contributed by atoms with Gasteiger partial charge in [-0.3, -0.25) is 0 Å². The molecular formula is C30H36N2O4. The molecule has 2 aliphatic carbocycles. The van der Waals surface area contributed by atoms with E-state index >= 15 is 0 Å². The first-order valence-electron chi connectivity index (χ1n) is 13.4. The van der Waals surface area contributed by atoms with E-state index in [0.717, 1.165) is 35.5 Å². The Balaban J connectivity index is 1.34. The van der Waals surface area contributed by atoms with E-state index in [1.165, 1.54) is 50.5 Å². The molecule has 2 aliphatic rings. The van der Waals surface area contributed by atoms with Crippen LogP contribution in [0.4, 0.5) is 0 Å². The van der Waals surface area contributed by atoms with E-state index in [2.05, 4.69) is 30.1 Å². The molecule has 2 unspecified atom stereocenters. The molecule has 0 aliphatic heterocycles. The van der Waals surface area contributed by atoms with E-state index in [1.807, 2.05) is 12.1 Å². The maximum absolute atomic E-state index is 11.1. The lowest BCUT2D eigenvalue weighted by Gasteiger charge is -2.39. The van der Waals surface area contributed by atoms with Gasteiger partial charge in [0.1, 0.15) is 5.75 Å². The minimum absolute atomic E-state index is 0.224. The standard InChI is InChI=1S/C30H36N2O4/c1-19(2)18-35-27-13-12-26(17-25(27)7-6-22-15-20-4-3-5-21(14-20)16-22)29-32-31-28(36-29)23-8-10-24(11-9-23)30(33)34/h8-13,17,19-22H,3-7,14-16,18H2,1-2H3,(H,33,34). The molecule has 2 fully saturated rings. The molecule has 2 aromatic carbocycles. The van der Waals surface area contributed by atoms with Gasteiger partial charge in [-0.25, -0.2) is 4.79 Å². The Labute approximate surface area is 213 Å². The van der Waals surface area contributed by atoms with Crippen LogP contribution < -0.4 is 4.74 Å². The molecule has 190 valence electrons. The van der Waals surface area contributed by atoms with Crippen molar-refractivity contribution in [3.63, 3.8) is 0 Å². The molecule has 2 saturated carbocycles. The van der Waals surface area contributed by atoms with Gasteiger partial charge in [0, 0.05) is 11.1 Å². The minimum atomic E-state index is -0.962. The fraction of sp³-hybridized carbons (Fsp3) is 0.500. The van der Waals surface area contributed by atoms with E-state index in [4.69, 9.17) is 14.3 Å². The van der Waals surface area contributed by atoms with Crippen molar-refractivity contribution in [3.8, 4) is 28.7 Å². The maximum Gasteiger partial charge on any atom is 0.335 e. The van der Waals surface area contributed by atoms with Gasteiger partial charge in [0.05, 0.1) is 12.2 Å². The topological polar surface area (TPSA) is 85.5 Å². The fourth-order valence-electron chi connectivity index (χ4n) is 5.98. The second-order valence-electron chi connectivity index (χ2n) is 11.1. The number of carboxylic acids is 1. The van der Waals surface area contributed by atoms with Crippen LogP contribution in [0.15, 0.2) is 46.9 Å². The number of fused-ring (bicyclic) bond motifs is 2. The van der Waals surface area contributed by atoms with Crippen molar-refractivity contribution in [1.82, 2.24) is 10.2 Å². The normalized spacial score (nSPS) is 21.5. The van der Waals surface area contributed by atoms with Crippen LogP contribution in [-0.4, -0.2) is 27.9 Å². The summed E-state index contributed by atoms with van der Waals surface area (Å²) in [4.78, 5) is 11.1. The summed E-state index contributed by atoms with van der Waals surface area (Å²) < 4.78 is 12.2. The van der Waals surface area contributed by atoms with Crippen molar-refractivity contribution in [2.24, 2.45) is 23.7 Å². The zero-order valence-electron chi connectivity index (χ0n) is 21.3. The largest absolute Gasteiger partial charge is 0.493 e. The molecule has 2 bridgehead atoms. The quantitative estimate of drug-likeness (QED) is 0.340. The Bertz CT molecular complexity index is 1170. The third-order valence-corrected chi connectivity index (χ3v) is 7.73. The van der Waals surface area contributed by atoms with Crippen molar-refractivity contribution >= 4 is 5.97 Å². The summed E-state index contributed by atoms with van der Waals surface area (Å²) in [6.07, 6.45) is 10.7. The van der Waals surface area contributed by atoms with Gasteiger partial charge < -0.3 is 14.3 Å². The number of carboxylic acid groups (broad SMARTS) is 1. The lowest BCUT2D eigenvalue weighted by Crippen LogP contribution is -2.27. The van der Waals surface area contributed by atoms with Crippen molar-refractivity contribution in [2.75, 3.05) is 6.61 Å². The summed E-state index contributed by atoms with van der Waals surface area (Å²) in [5.74, 6) is 3.96. The average molecular weight is 489 g/mol. The summed E-state index contributed by atoms with van der Waals surface area (Å²) in [7, 11) is 0. The van der Waals surface area contributed by atoms with Gasteiger partial charge in [-0.1, -0.05) is 33.1 Å². The van der Waals surface area contributed by atoms with Crippen molar-refractivity contribution in [1.29, 1.82) is 0 Å². The number of carbonyl (C=O) groups is 1. The first-order valence-corrected chi connectivity index (χ1v) is 13.4. The van der Waals surface area contributed by atoms with Crippen molar-refractivity contribution in [2.45, 2.75) is 65.2 Å². The van der Waals surface area contributed by atoms with Crippen molar-refractivity contribution in [3.05, 3.63) is 53.6 Å². The third kappa shape index (κ3) is 5.80. The van der Waals surface area contributed by atoms with E-state index in [1.54, 1.807) is 24.3 Å². The predicted molar refractivity (Wildman–Crippen MR) is 139 cm³/mol. The number of aromatic nitrogens is 2. The summed E-state index contributed by atoms with van der Waals surface area (Å²) in [5.41, 5.74) is 3.00. The molecule has 3 aromatic rings. The maximum atomic E-state index is 11.1. The van der Waals surface area contributed by atoms with Crippen molar-refractivity contribution < 1.29 is 19.1 Å². The van der Waals surface area contributed by atoms with E-state index in [9.17, 15) is 4.79 Å². The lowest BCUT2D eigenvalue weighted by molar-refractivity contribution is 0.0697. The van der Waals surface area contributed by atoms with Gasteiger partial charge in [-0.2, -0.15) is 0 Å². The number of benzene rings is 2. The molecule has 6 heteroatoms. The summed E-state index contributed by atoms with van der Waals surface area (Å²) in [5, 5.41) is 17.6. The van der Waals surface area contributed by atoms with Crippen LogP contribution in [0.1, 0.15) is 74.7 Å². The molecule has 2 atom stereocenters. The van der Waals surface area contributed by atoms with E-state index in [0.29, 0.717) is 29.9 Å². The highest BCUT2D eigenvalue weighted by Gasteiger charge is 2.31. The number of hydrogen-bond acceptors (Lipinski definition) is 5. The molecule has 0 radical (unpaired) electrons. The molecule has 0 saturated heterocycles. The number of nitrogens with zero attached hydrogens (tertiary/aromatic N) is 2. The average Bonchev–Trinajstić information content (AvgIpc) is 3.37. The Morgan fingerprint density at radius 3 is 2.33 bits per heavy atom. The molecule has 0 spiro atoms. The van der Waals surface area contributed by atoms with Gasteiger partial charge in [0.2, 0.25) is 11.8 Å². The Morgan fingerprint density at radius 1 is 1.00 bits per heavy atom. The molecule has 36 heavy (non-hydrogen) atoms. The molecule has 1 heterocycles. The number of rotatable bonds is 9. The van der Waals surface area contributed by atoms with Crippen LogP contribution in [-0.2, 0) is 6.42 Å². The van der Waals surface area contributed by atoms with Gasteiger partial charge in [0.25, 0.3) is 0 Å². The number of ether oxygens (including phenoxy) is 1. The van der Waals surface area contributed by atoms with Crippen LogP contribution in [0.5, 0.6) is 5.75 Å². The van der Waals surface area contributed by atoms with Gasteiger partial charge in [0.15, 0.2) is 0 Å². The summed E-state index contributed by atoms with van der Waals surface area (Å²) in [6.45, 7) is 5.02. The first kappa shape index (κ1) is 24.5. The summed E-state index contributed by atoms with van der Waals surface area (Å²) >= 11 is 0. The monoisotopic (exact) mass is 488 g/mol. The highest BCUT2D eigenvalue weighted by molar-refractivity contribution is 5.88. The smallest absolute Gasteiger partial charge is 0.335 e. The van der Waals surface area contributed by atoms with Crippen LogP contribution >= 0.6 is 0 Å². The zero-order valence-corrected chi connectivity index (χ0v) is 21.3. The van der Waals surface area contributed by atoms with Gasteiger partial charge in [-0.15, -0.1) is 10.2 Å². The molecule has 1 aromatic heterocycles. The Morgan fingerprint density at radius 2 is 1.67 bits per heavy atom. The Hall–Kier alpha value is -3.15. The van der Waals surface area contributed by atoms with E-state index in [-0.39, 0.29) is 5.56 Å². The van der Waals surface area contributed by atoms with Gasteiger partial charge in [-0.05, 0) is 104 Å². The van der Waals surface area contributed by atoms with Gasteiger partial charge >= 0.3 is 5.97 Å². The highest BCUT2D eigenvalue weighted by Crippen LogP contribution is 2.44. The molecule has 6 nitrogen and oxygen atoms in total. The van der Waals surface area contributed by atoms with Crippen LogP contribution in [0.3, 0.4) is 0 Å². The number of aromatic carboxylic acids is 1. The predicted octanol–water partition coefficient (Wildman–Crippen LogP) is 7.29. The fourth-order valence-corrected chi connectivity index (χ4v) is 5.98. The molecule has 0 amide bonds. The first-order chi connectivity index (χ1) is 17.4. The molecule has 1 N–H and O–H groups in total. The molecular weight excluding hydrogens is 452 g/mol. The third-order valence-electron chi connectivity index (χ3n) is 7.73. The SMILES string of the molecule is CC(C)COc1ccc(-c2nnc(-c3ccc(C(=O)O)cc3)o2)cc1CCC1CC2CCCC(C2)C1. The highest BCUT2D eigenvalue weighted by atomic mass is 16.5. The van der Waals surface area contributed by atoms with E-state index < -0.39 is 5.97 Å². The number of hydrogen-bond donors (Lipinski definition) is 1. The Kier molecular flexibility index (Phi) is 7.40. The second kappa shape index (κ2) is 10.9. The zero-order chi connectivity index (χ0) is 25.1. The lowest BCUT2D eigenvalue weighted by atomic mass is 9.67. The van der Waals surface area contributed by atoms with Crippen LogP contribution in [0.25, 0.3) is 22.9 Å².